The van der Waals surface area contributed by atoms with Gasteiger partial charge in [-0.1, -0.05) is 15.9 Å². The Labute approximate surface area is 129 Å². The van der Waals surface area contributed by atoms with Crippen LogP contribution in [0, 0.1) is 6.92 Å². The number of carbonyl (C=O) groups excluding carboxylic acids is 1. The number of hydrogen-bond acceptors (Lipinski definition) is 2. The molecule has 0 radical (unpaired) electrons. The molecule has 1 aliphatic heterocycles. The van der Waals surface area contributed by atoms with Gasteiger partial charge in [-0.2, -0.15) is 0 Å². The van der Waals surface area contributed by atoms with Crippen LogP contribution in [0.1, 0.15) is 39.7 Å². The Morgan fingerprint density at radius 1 is 1.25 bits per heavy atom. The highest BCUT2D eigenvalue weighted by Crippen LogP contribution is 2.33. The van der Waals surface area contributed by atoms with Crippen LogP contribution in [0.4, 0.5) is 5.69 Å². The second kappa shape index (κ2) is 5.15. The molecule has 1 amide bonds. The summed E-state index contributed by atoms with van der Waals surface area (Å²) in [7, 11) is 0. The van der Waals surface area contributed by atoms with Crippen molar-refractivity contribution in [1.82, 2.24) is 5.32 Å². The quantitative estimate of drug-likeness (QED) is 0.847. The maximum Gasteiger partial charge on any atom is 0.247 e. The average molecular weight is 339 g/mol. The van der Waals surface area contributed by atoms with E-state index in [9.17, 15) is 4.79 Å². The molecule has 0 aromatic heterocycles. The standard InChI is InChI=1S/C16H23BrN2O/c1-11-10-12(6-7-13(11)17)19-14(20)16(4,5)18-9-8-15(19,2)3/h6-7,10,18H,8-9H2,1-5H3. The first-order valence-electron chi connectivity index (χ1n) is 7.01. The lowest BCUT2D eigenvalue weighted by molar-refractivity contribution is -0.124. The number of anilines is 1. The Kier molecular flexibility index (Phi) is 4.00. The molecule has 0 aliphatic carbocycles. The average Bonchev–Trinajstić information content (AvgIpc) is 2.39. The number of nitrogens with zero attached hydrogens (tertiary/aromatic N) is 1. The number of aryl methyl sites for hydroxylation is 1. The Morgan fingerprint density at radius 2 is 1.90 bits per heavy atom. The Morgan fingerprint density at radius 3 is 2.50 bits per heavy atom. The molecule has 20 heavy (non-hydrogen) atoms. The second-order valence-corrected chi connectivity index (χ2v) is 7.54. The largest absolute Gasteiger partial charge is 0.305 e. The lowest BCUT2D eigenvalue weighted by Gasteiger charge is -2.39. The summed E-state index contributed by atoms with van der Waals surface area (Å²) in [4.78, 5) is 14.9. The highest BCUT2D eigenvalue weighted by Gasteiger charge is 2.42. The number of benzene rings is 1. The molecule has 1 aromatic rings. The van der Waals surface area contributed by atoms with Crippen molar-refractivity contribution < 1.29 is 4.79 Å². The van der Waals surface area contributed by atoms with E-state index in [2.05, 4.69) is 41.2 Å². The number of carbonyl (C=O) groups is 1. The van der Waals surface area contributed by atoms with Crippen molar-refractivity contribution in [2.75, 3.05) is 11.4 Å². The molecule has 1 aliphatic rings. The zero-order valence-electron chi connectivity index (χ0n) is 12.9. The van der Waals surface area contributed by atoms with Crippen LogP contribution >= 0.6 is 15.9 Å². The molecular weight excluding hydrogens is 316 g/mol. The first kappa shape index (κ1) is 15.5. The normalized spacial score (nSPS) is 21.7. The molecule has 110 valence electrons. The molecule has 1 N–H and O–H groups in total. The molecule has 0 unspecified atom stereocenters. The summed E-state index contributed by atoms with van der Waals surface area (Å²) in [5.74, 6) is 0.127. The summed E-state index contributed by atoms with van der Waals surface area (Å²) >= 11 is 3.52. The van der Waals surface area contributed by atoms with Crippen LogP contribution in [0.3, 0.4) is 0 Å². The zero-order valence-corrected chi connectivity index (χ0v) is 14.5. The Bertz CT molecular complexity index is 537. The van der Waals surface area contributed by atoms with Crippen LogP contribution in [0.25, 0.3) is 0 Å². The fraction of sp³-hybridized carbons (Fsp3) is 0.562. The van der Waals surface area contributed by atoms with Gasteiger partial charge in [0, 0.05) is 15.7 Å². The summed E-state index contributed by atoms with van der Waals surface area (Å²) in [6, 6.07) is 6.10. The number of rotatable bonds is 1. The van der Waals surface area contributed by atoms with Crippen molar-refractivity contribution >= 4 is 27.5 Å². The van der Waals surface area contributed by atoms with Crippen LogP contribution in [0.2, 0.25) is 0 Å². The van der Waals surface area contributed by atoms with Crippen LogP contribution in [0.15, 0.2) is 22.7 Å². The maximum absolute atomic E-state index is 12.9. The summed E-state index contributed by atoms with van der Waals surface area (Å²) in [6.45, 7) is 11.1. The summed E-state index contributed by atoms with van der Waals surface area (Å²) in [5.41, 5.74) is 1.38. The fourth-order valence-electron chi connectivity index (χ4n) is 2.66. The molecule has 0 atom stereocenters. The topological polar surface area (TPSA) is 32.3 Å². The van der Waals surface area contributed by atoms with Crippen molar-refractivity contribution in [3.63, 3.8) is 0 Å². The minimum atomic E-state index is -0.533. The van der Waals surface area contributed by atoms with E-state index in [1.807, 2.05) is 37.8 Å². The van der Waals surface area contributed by atoms with Gasteiger partial charge in [0.25, 0.3) is 0 Å². The van der Waals surface area contributed by atoms with Gasteiger partial charge in [-0.25, -0.2) is 0 Å². The number of amides is 1. The van der Waals surface area contributed by atoms with E-state index in [-0.39, 0.29) is 11.4 Å². The molecule has 0 spiro atoms. The molecule has 3 nitrogen and oxygen atoms in total. The highest BCUT2D eigenvalue weighted by molar-refractivity contribution is 9.10. The van der Waals surface area contributed by atoms with E-state index in [0.29, 0.717) is 0 Å². The highest BCUT2D eigenvalue weighted by atomic mass is 79.9. The first-order valence-corrected chi connectivity index (χ1v) is 7.80. The maximum atomic E-state index is 12.9. The summed E-state index contributed by atoms with van der Waals surface area (Å²) in [5, 5.41) is 3.35. The first-order chi connectivity index (χ1) is 9.15. The van der Waals surface area contributed by atoms with Gasteiger partial charge in [0.2, 0.25) is 5.91 Å². The van der Waals surface area contributed by atoms with Crippen LogP contribution in [0.5, 0.6) is 0 Å². The minimum Gasteiger partial charge on any atom is -0.305 e. The van der Waals surface area contributed by atoms with Crippen molar-refractivity contribution in [1.29, 1.82) is 0 Å². The van der Waals surface area contributed by atoms with E-state index in [4.69, 9.17) is 0 Å². The number of halogens is 1. The third-order valence-corrected chi connectivity index (χ3v) is 4.94. The lowest BCUT2D eigenvalue weighted by Crippen LogP contribution is -2.56. The summed E-state index contributed by atoms with van der Waals surface area (Å²) < 4.78 is 1.07. The van der Waals surface area contributed by atoms with Gasteiger partial charge in [0.05, 0.1) is 5.54 Å². The Hall–Kier alpha value is -0.870. The molecular formula is C16H23BrN2O. The van der Waals surface area contributed by atoms with Crippen molar-refractivity contribution in [2.45, 2.75) is 52.1 Å². The molecule has 0 bridgehead atoms. The third-order valence-electron chi connectivity index (χ3n) is 4.05. The number of nitrogens with one attached hydrogen (secondary N) is 1. The van der Waals surface area contributed by atoms with Crippen LogP contribution < -0.4 is 10.2 Å². The zero-order chi connectivity index (χ0) is 15.1. The second-order valence-electron chi connectivity index (χ2n) is 6.69. The smallest absolute Gasteiger partial charge is 0.247 e. The molecule has 1 fully saturated rings. The molecule has 4 heteroatoms. The van der Waals surface area contributed by atoms with Gasteiger partial charge < -0.3 is 10.2 Å². The molecule has 1 heterocycles. The van der Waals surface area contributed by atoms with Gasteiger partial charge in [-0.05, 0) is 71.3 Å². The van der Waals surface area contributed by atoms with Crippen molar-refractivity contribution in [3.05, 3.63) is 28.2 Å². The Balaban J connectivity index is 2.52. The predicted molar refractivity (Wildman–Crippen MR) is 87.1 cm³/mol. The third kappa shape index (κ3) is 2.77. The van der Waals surface area contributed by atoms with Crippen LogP contribution in [-0.2, 0) is 4.79 Å². The van der Waals surface area contributed by atoms with Gasteiger partial charge >= 0.3 is 0 Å². The van der Waals surface area contributed by atoms with E-state index >= 15 is 0 Å². The molecule has 1 aromatic carbocycles. The monoisotopic (exact) mass is 338 g/mol. The van der Waals surface area contributed by atoms with E-state index < -0.39 is 5.54 Å². The minimum absolute atomic E-state index is 0.127. The van der Waals surface area contributed by atoms with Gasteiger partial charge in [0.15, 0.2) is 0 Å². The van der Waals surface area contributed by atoms with Crippen molar-refractivity contribution in [3.8, 4) is 0 Å². The number of hydrogen-bond donors (Lipinski definition) is 1. The fourth-order valence-corrected chi connectivity index (χ4v) is 2.90. The van der Waals surface area contributed by atoms with E-state index in [1.165, 1.54) is 0 Å². The summed E-state index contributed by atoms with van der Waals surface area (Å²) in [6.07, 6.45) is 0.928. The molecule has 1 saturated heterocycles. The predicted octanol–water partition coefficient (Wildman–Crippen LogP) is 3.64. The van der Waals surface area contributed by atoms with Gasteiger partial charge in [-0.3, -0.25) is 4.79 Å². The lowest BCUT2D eigenvalue weighted by atomic mass is 9.95. The van der Waals surface area contributed by atoms with Gasteiger partial charge in [-0.15, -0.1) is 0 Å². The van der Waals surface area contributed by atoms with Crippen LogP contribution in [-0.4, -0.2) is 23.5 Å². The SMILES string of the molecule is Cc1cc(N2C(=O)C(C)(C)NCCC2(C)C)ccc1Br. The van der Waals surface area contributed by atoms with E-state index in [0.717, 1.165) is 28.7 Å². The molecule has 0 saturated carbocycles. The van der Waals surface area contributed by atoms with Crippen molar-refractivity contribution in [2.24, 2.45) is 0 Å². The van der Waals surface area contributed by atoms with Gasteiger partial charge in [0.1, 0.15) is 0 Å². The van der Waals surface area contributed by atoms with E-state index in [1.54, 1.807) is 0 Å². The molecule has 2 rings (SSSR count).